The smallest absolute Gasteiger partial charge is 0.0836 e. The third-order valence-electron chi connectivity index (χ3n) is 2.75. The number of aliphatic hydroxyl groups is 1. The highest BCUT2D eigenvalue weighted by Gasteiger charge is 2.13. The van der Waals surface area contributed by atoms with E-state index >= 15 is 0 Å². The van der Waals surface area contributed by atoms with Gasteiger partial charge in [0.15, 0.2) is 0 Å². The molecule has 0 amide bonds. The second kappa shape index (κ2) is 5.74. The van der Waals surface area contributed by atoms with Crippen LogP contribution in [0, 0.1) is 0 Å². The van der Waals surface area contributed by atoms with E-state index in [1.807, 2.05) is 6.07 Å². The number of rotatable bonds is 4. The Labute approximate surface area is 116 Å². The van der Waals surface area contributed by atoms with Gasteiger partial charge in [-0.15, -0.1) is 0 Å². The predicted octanol–water partition coefficient (Wildman–Crippen LogP) is 3.62. The van der Waals surface area contributed by atoms with Crippen LogP contribution in [0.2, 0.25) is 10.0 Å². The molecule has 0 aliphatic rings. The summed E-state index contributed by atoms with van der Waals surface area (Å²) >= 11 is 12.1. The SMILES string of the molecule is CCCc1c(CO)cnn1-c1ccc(Cl)cc1Cl. The number of aromatic nitrogens is 2. The van der Waals surface area contributed by atoms with Gasteiger partial charge in [0.2, 0.25) is 0 Å². The second-order valence-electron chi connectivity index (χ2n) is 4.03. The van der Waals surface area contributed by atoms with Crippen molar-refractivity contribution < 1.29 is 5.11 Å². The topological polar surface area (TPSA) is 38.1 Å². The zero-order valence-corrected chi connectivity index (χ0v) is 11.5. The van der Waals surface area contributed by atoms with Gasteiger partial charge in [-0.05, 0) is 24.6 Å². The van der Waals surface area contributed by atoms with Crippen LogP contribution < -0.4 is 0 Å². The zero-order chi connectivity index (χ0) is 13.1. The van der Waals surface area contributed by atoms with Crippen LogP contribution in [-0.4, -0.2) is 14.9 Å². The van der Waals surface area contributed by atoms with E-state index in [0.717, 1.165) is 29.8 Å². The summed E-state index contributed by atoms with van der Waals surface area (Å²) in [4.78, 5) is 0. The fourth-order valence-electron chi connectivity index (χ4n) is 1.90. The summed E-state index contributed by atoms with van der Waals surface area (Å²) < 4.78 is 1.77. The first kappa shape index (κ1) is 13.4. The van der Waals surface area contributed by atoms with Crippen LogP contribution in [-0.2, 0) is 13.0 Å². The van der Waals surface area contributed by atoms with Crippen LogP contribution in [0.4, 0.5) is 0 Å². The molecular weight excluding hydrogens is 271 g/mol. The lowest BCUT2D eigenvalue weighted by Crippen LogP contribution is -2.04. The van der Waals surface area contributed by atoms with Crippen LogP contribution in [0.3, 0.4) is 0 Å². The molecular formula is C13H14Cl2N2O. The minimum Gasteiger partial charge on any atom is -0.392 e. The minimum atomic E-state index is -0.0134. The molecule has 0 unspecified atom stereocenters. The molecule has 1 aromatic carbocycles. The summed E-state index contributed by atoms with van der Waals surface area (Å²) in [6, 6.07) is 5.30. The fraction of sp³-hybridized carbons (Fsp3) is 0.308. The molecule has 1 heterocycles. The van der Waals surface area contributed by atoms with E-state index < -0.39 is 0 Å². The molecule has 2 aromatic rings. The number of aliphatic hydroxyl groups excluding tert-OH is 1. The molecule has 0 saturated carbocycles. The van der Waals surface area contributed by atoms with E-state index in [4.69, 9.17) is 23.2 Å². The summed E-state index contributed by atoms with van der Waals surface area (Å²) in [6.07, 6.45) is 3.49. The highest BCUT2D eigenvalue weighted by Crippen LogP contribution is 2.26. The van der Waals surface area contributed by atoms with Crippen LogP contribution >= 0.6 is 23.2 Å². The Balaban J connectivity index is 2.52. The number of hydrogen-bond donors (Lipinski definition) is 1. The highest BCUT2D eigenvalue weighted by atomic mass is 35.5. The summed E-state index contributed by atoms with van der Waals surface area (Å²) in [7, 11) is 0. The Morgan fingerprint density at radius 3 is 2.72 bits per heavy atom. The molecule has 18 heavy (non-hydrogen) atoms. The van der Waals surface area contributed by atoms with Crippen molar-refractivity contribution in [1.82, 2.24) is 9.78 Å². The largest absolute Gasteiger partial charge is 0.392 e. The number of nitrogens with zero attached hydrogens (tertiary/aromatic N) is 2. The third kappa shape index (κ3) is 2.53. The second-order valence-corrected chi connectivity index (χ2v) is 4.88. The average Bonchev–Trinajstić information content (AvgIpc) is 2.73. The van der Waals surface area contributed by atoms with E-state index in [1.165, 1.54) is 0 Å². The normalized spacial score (nSPS) is 10.9. The van der Waals surface area contributed by atoms with E-state index in [9.17, 15) is 5.11 Å². The van der Waals surface area contributed by atoms with Crippen molar-refractivity contribution in [1.29, 1.82) is 0 Å². The third-order valence-corrected chi connectivity index (χ3v) is 3.29. The van der Waals surface area contributed by atoms with Crippen molar-refractivity contribution >= 4 is 23.2 Å². The number of halogens is 2. The van der Waals surface area contributed by atoms with Gasteiger partial charge in [-0.3, -0.25) is 0 Å². The van der Waals surface area contributed by atoms with Gasteiger partial charge in [0.1, 0.15) is 0 Å². The molecule has 0 saturated heterocycles. The lowest BCUT2D eigenvalue weighted by Gasteiger charge is -2.10. The maximum absolute atomic E-state index is 9.31. The molecule has 0 aliphatic carbocycles. The van der Waals surface area contributed by atoms with Crippen molar-refractivity contribution in [3.05, 3.63) is 45.7 Å². The van der Waals surface area contributed by atoms with Gasteiger partial charge >= 0.3 is 0 Å². The monoisotopic (exact) mass is 284 g/mol. The lowest BCUT2D eigenvalue weighted by molar-refractivity contribution is 0.280. The summed E-state index contributed by atoms with van der Waals surface area (Å²) in [6.45, 7) is 2.07. The molecule has 5 heteroatoms. The Bertz CT molecular complexity index is 552. The number of benzene rings is 1. The molecule has 0 radical (unpaired) electrons. The van der Waals surface area contributed by atoms with Crippen LogP contribution in [0.25, 0.3) is 5.69 Å². The molecule has 1 aromatic heterocycles. The molecule has 0 bridgehead atoms. The van der Waals surface area contributed by atoms with Gasteiger partial charge in [0.05, 0.1) is 23.5 Å². The first-order chi connectivity index (χ1) is 8.67. The molecule has 96 valence electrons. The van der Waals surface area contributed by atoms with Crippen molar-refractivity contribution in [3.63, 3.8) is 0 Å². The summed E-state index contributed by atoms with van der Waals surface area (Å²) in [5.74, 6) is 0. The molecule has 2 rings (SSSR count). The van der Waals surface area contributed by atoms with Gasteiger partial charge in [-0.2, -0.15) is 5.10 Å². The van der Waals surface area contributed by atoms with Crippen molar-refractivity contribution in [3.8, 4) is 5.69 Å². The maximum Gasteiger partial charge on any atom is 0.0836 e. The van der Waals surface area contributed by atoms with Crippen molar-refractivity contribution in [2.24, 2.45) is 0 Å². The van der Waals surface area contributed by atoms with E-state index in [0.29, 0.717) is 10.0 Å². The van der Waals surface area contributed by atoms with Gasteiger partial charge in [-0.1, -0.05) is 36.5 Å². The minimum absolute atomic E-state index is 0.0134. The maximum atomic E-state index is 9.31. The standard InChI is InChI=1S/C13H14Cl2N2O/c1-2-3-12-9(8-18)7-16-17(12)13-5-4-10(14)6-11(13)15/h4-7,18H,2-3,8H2,1H3. The van der Waals surface area contributed by atoms with E-state index in [1.54, 1.807) is 23.0 Å². The molecule has 0 aliphatic heterocycles. The Morgan fingerprint density at radius 1 is 1.33 bits per heavy atom. The Hall–Kier alpha value is -1.03. The first-order valence-electron chi connectivity index (χ1n) is 5.79. The van der Waals surface area contributed by atoms with Gasteiger partial charge in [0.25, 0.3) is 0 Å². The van der Waals surface area contributed by atoms with Crippen LogP contribution in [0.1, 0.15) is 24.6 Å². The number of hydrogen-bond acceptors (Lipinski definition) is 2. The van der Waals surface area contributed by atoms with Crippen LogP contribution in [0.15, 0.2) is 24.4 Å². The highest BCUT2D eigenvalue weighted by molar-refractivity contribution is 6.35. The van der Waals surface area contributed by atoms with E-state index in [2.05, 4.69) is 12.0 Å². The quantitative estimate of drug-likeness (QED) is 0.931. The van der Waals surface area contributed by atoms with Crippen molar-refractivity contribution in [2.75, 3.05) is 0 Å². The molecule has 0 atom stereocenters. The van der Waals surface area contributed by atoms with Gasteiger partial charge < -0.3 is 5.11 Å². The van der Waals surface area contributed by atoms with Gasteiger partial charge in [-0.25, -0.2) is 4.68 Å². The summed E-state index contributed by atoms with van der Waals surface area (Å²) in [5, 5.41) is 14.7. The Morgan fingerprint density at radius 2 is 2.11 bits per heavy atom. The molecule has 0 spiro atoms. The molecule has 1 N–H and O–H groups in total. The zero-order valence-electron chi connectivity index (χ0n) is 10.0. The Kier molecular flexibility index (Phi) is 4.27. The fourth-order valence-corrected chi connectivity index (χ4v) is 2.39. The van der Waals surface area contributed by atoms with Crippen LogP contribution in [0.5, 0.6) is 0 Å². The average molecular weight is 285 g/mol. The molecule has 3 nitrogen and oxygen atoms in total. The van der Waals surface area contributed by atoms with Crippen molar-refractivity contribution in [2.45, 2.75) is 26.4 Å². The predicted molar refractivity (Wildman–Crippen MR) is 73.5 cm³/mol. The summed E-state index contributed by atoms with van der Waals surface area (Å²) in [5.41, 5.74) is 2.61. The van der Waals surface area contributed by atoms with E-state index in [-0.39, 0.29) is 6.61 Å². The molecule has 0 fully saturated rings. The lowest BCUT2D eigenvalue weighted by atomic mass is 10.1. The first-order valence-corrected chi connectivity index (χ1v) is 6.55. The van der Waals surface area contributed by atoms with Gasteiger partial charge in [0, 0.05) is 16.3 Å².